The fraction of sp³-hybridized carbons (Fsp3) is 0.300. The van der Waals surface area contributed by atoms with Gasteiger partial charge in [0.05, 0.1) is 5.75 Å². The highest BCUT2D eigenvalue weighted by Crippen LogP contribution is 2.14. The molecule has 7 heteroatoms. The van der Waals surface area contributed by atoms with E-state index in [-0.39, 0.29) is 5.56 Å². The Labute approximate surface area is 96.8 Å². The molecule has 1 aromatic rings. The van der Waals surface area contributed by atoms with Crippen LogP contribution in [0.4, 0.5) is 8.78 Å². The molecule has 1 N–H and O–H groups in total. The molecule has 0 amide bonds. The fourth-order valence-corrected chi connectivity index (χ4v) is 2.39. The lowest BCUT2D eigenvalue weighted by atomic mass is 10.2. The second-order valence-electron chi connectivity index (χ2n) is 3.57. The minimum absolute atomic E-state index is 0.115. The molecule has 4 nitrogen and oxygen atoms in total. The summed E-state index contributed by atoms with van der Waals surface area (Å²) in [6.45, 7) is 1.01. The van der Waals surface area contributed by atoms with Crippen LogP contribution in [0, 0.1) is 11.6 Å². The van der Waals surface area contributed by atoms with E-state index in [0.717, 1.165) is 19.1 Å². The van der Waals surface area contributed by atoms with Gasteiger partial charge in [-0.25, -0.2) is 17.2 Å². The molecule has 0 aliphatic carbocycles. The number of benzene rings is 1. The second-order valence-corrected chi connectivity index (χ2v) is 5.89. The van der Waals surface area contributed by atoms with Crippen molar-refractivity contribution < 1.29 is 27.1 Å². The molecule has 1 rings (SSSR count). The van der Waals surface area contributed by atoms with Crippen molar-refractivity contribution in [3.8, 4) is 0 Å². The zero-order valence-electron chi connectivity index (χ0n) is 8.85. The summed E-state index contributed by atoms with van der Waals surface area (Å²) in [4.78, 5) is 10.5. The molecule has 0 aromatic heterocycles. The minimum Gasteiger partial charge on any atom is -0.480 e. The lowest BCUT2D eigenvalue weighted by Gasteiger charge is -2.08. The first-order chi connectivity index (χ1) is 7.72. The van der Waals surface area contributed by atoms with Crippen LogP contribution in [0.5, 0.6) is 0 Å². The van der Waals surface area contributed by atoms with Gasteiger partial charge in [0.15, 0.2) is 15.1 Å². The maximum absolute atomic E-state index is 12.8. The third-order valence-corrected chi connectivity index (χ3v) is 4.19. The molecule has 0 radical (unpaired) electrons. The number of aliphatic carboxylic acids is 1. The van der Waals surface area contributed by atoms with E-state index in [1.165, 1.54) is 0 Å². The second kappa shape index (κ2) is 4.79. The van der Waals surface area contributed by atoms with Gasteiger partial charge in [-0.3, -0.25) is 4.79 Å². The number of carboxylic acids is 1. The molecule has 0 aliphatic heterocycles. The van der Waals surface area contributed by atoms with E-state index in [0.29, 0.717) is 6.07 Å². The van der Waals surface area contributed by atoms with E-state index in [9.17, 15) is 22.0 Å². The lowest BCUT2D eigenvalue weighted by molar-refractivity contribution is -0.136. The van der Waals surface area contributed by atoms with Crippen LogP contribution in [0.1, 0.15) is 12.5 Å². The number of sulfone groups is 1. The quantitative estimate of drug-likeness (QED) is 0.891. The fourth-order valence-electron chi connectivity index (χ4n) is 1.21. The van der Waals surface area contributed by atoms with Gasteiger partial charge < -0.3 is 5.11 Å². The normalized spacial score (nSPS) is 13.4. The van der Waals surface area contributed by atoms with Gasteiger partial charge in [0.2, 0.25) is 0 Å². The first-order valence-electron chi connectivity index (χ1n) is 4.62. The van der Waals surface area contributed by atoms with Crippen molar-refractivity contribution >= 4 is 15.8 Å². The van der Waals surface area contributed by atoms with Crippen molar-refractivity contribution in [2.75, 3.05) is 0 Å². The van der Waals surface area contributed by atoms with Crippen LogP contribution in [0.2, 0.25) is 0 Å². The summed E-state index contributed by atoms with van der Waals surface area (Å²) in [7, 11) is -3.98. The molecular formula is C10H10F2O4S. The maximum Gasteiger partial charge on any atom is 0.321 e. The van der Waals surface area contributed by atoms with Crippen molar-refractivity contribution in [2.24, 2.45) is 0 Å². The van der Waals surface area contributed by atoms with Gasteiger partial charge in [0, 0.05) is 6.07 Å². The smallest absolute Gasteiger partial charge is 0.321 e. The zero-order chi connectivity index (χ0) is 13.2. The molecule has 0 saturated heterocycles. The number of hydrogen-bond acceptors (Lipinski definition) is 3. The van der Waals surface area contributed by atoms with Crippen LogP contribution >= 0.6 is 0 Å². The minimum atomic E-state index is -3.98. The largest absolute Gasteiger partial charge is 0.480 e. The summed E-state index contributed by atoms with van der Waals surface area (Å²) < 4.78 is 48.7. The van der Waals surface area contributed by atoms with Crippen LogP contribution < -0.4 is 0 Å². The molecule has 0 fully saturated rings. The molecule has 0 heterocycles. The third kappa shape index (κ3) is 3.48. The van der Waals surface area contributed by atoms with Crippen LogP contribution in [0.3, 0.4) is 0 Å². The first-order valence-corrected chi connectivity index (χ1v) is 6.33. The number of rotatable bonds is 4. The topological polar surface area (TPSA) is 71.4 Å². The Hall–Kier alpha value is -1.50. The Balaban J connectivity index is 3.02. The van der Waals surface area contributed by atoms with Crippen LogP contribution in [0.25, 0.3) is 0 Å². The summed E-state index contributed by atoms with van der Waals surface area (Å²) in [6.07, 6.45) is 0. The molecule has 1 unspecified atom stereocenters. The van der Waals surface area contributed by atoms with E-state index in [1.54, 1.807) is 0 Å². The molecule has 0 saturated carbocycles. The zero-order valence-corrected chi connectivity index (χ0v) is 9.67. The number of halogens is 2. The van der Waals surface area contributed by atoms with Crippen molar-refractivity contribution in [3.05, 3.63) is 35.4 Å². The Kier molecular flexibility index (Phi) is 3.82. The van der Waals surface area contributed by atoms with Crippen LogP contribution in [-0.2, 0) is 20.4 Å². The van der Waals surface area contributed by atoms with Gasteiger partial charge in [-0.1, -0.05) is 0 Å². The summed E-state index contributed by atoms with van der Waals surface area (Å²) in [5.41, 5.74) is -0.115. The van der Waals surface area contributed by atoms with E-state index in [2.05, 4.69) is 0 Å². The molecule has 1 aromatic carbocycles. The Morgan fingerprint density at radius 1 is 1.29 bits per heavy atom. The summed E-state index contributed by atoms with van der Waals surface area (Å²) in [5, 5.41) is 6.96. The van der Waals surface area contributed by atoms with Crippen molar-refractivity contribution in [1.29, 1.82) is 0 Å². The monoisotopic (exact) mass is 264 g/mol. The molecule has 1 atom stereocenters. The van der Waals surface area contributed by atoms with Gasteiger partial charge in [-0.15, -0.1) is 0 Å². The van der Waals surface area contributed by atoms with Crippen LogP contribution in [-0.4, -0.2) is 24.7 Å². The number of hydrogen-bond donors (Lipinski definition) is 1. The molecule has 0 spiro atoms. The predicted molar refractivity (Wildman–Crippen MR) is 56.1 cm³/mol. The van der Waals surface area contributed by atoms with E-state index < -0.39 is 38.4 Å². The molecule has 0 bridgehead atoms. The van der Waals surface area contributed by atoms with E-state index in [1.807, 2.05) is 0 Å². The predicted octanol–water partition coefficient (Wildman–Crippen LogP) is 1.35. The van der Waals surface area contributed by atoms with Crippen molar-refractivity contribution in [1.82, 2.24) is 0 Å². The summed E-state index contributed by atoms with van der Waals surface area (Å²) >= 11 is 0. The number of carboxylic acid groups (broad SMARTS) is 1. The molecule has 0 aliphatic rings. The average Bonchev–Trinajstić information content (AvgIpc) is 2.13. The van der Waals surface area contributed by atoms with Gasteiger partial charge in [-0.05, 0) is 24.6 Å². The lowest BCUT2D eigenvalue weighted by Crippen LogP contribution is -2.28. The highest BCUT2D eigenvalue weighted by molar-refractivity contribution is 7.91. The van der Waals surface area contributed by atoms with E-state index >= 15 is 0 Å². The van der Waals surface area contributed by atoms with Gasteiger partial charge in [0.25, 0.3) is 0 Å². The Bertz CT molecular complexity index is 519. The van der Waals surface area contributed by atoms with E-state index in [4.69, 9.17) is 5.11 Å². The van der Waals surface area contributed by atoms with Crippen molar-refractivity contribution in [3.63, 3.8) is 0 Å². The summed E-state index contributed by atoms with van der Waals surface area (Å²) in [5.74, 6) is -4.02. The molecular weight excluding hydrogens is 254 g/mol. The SMILES string of the molecule is CC(C(=O)O)S(=O)(=O)Cc1cc(F)cc(F)c1. The molecule has 17 heavy (non-hydrogen) atoms. The standard InChI is InChI=1S/C10H10F2O4S/c1-6(10(13)14)17(15,16)5-7-2-8(11)4-9(12)3-7/h2-4,6H,5H2,1H3,(H,13,14). The van der Waals surface area contributed by atoms with Gasteiger partial charge in [-0.2, -0.15) is 0 Å². The average molecular weight is 264 g/mol. The van der Waals surface area contributed by atoms with Gasteiger partial charge >= 0.3 is 5.97 Å². The maximum atomic E-state index is 12.8. The van der Waals surface area contributed by atoms with Crippen LogP contribution in [0.15, 0.2) is 18.2 Å². The third-order valence-electron chi connectivity index (χ3n) is 2.18. The molecule has 94 valence electrons. The highest BCUT2D eigenvalue weighted by Gasteiger charge is 2.27. The Morgan fingerprint density at radius 3 is 2.18 bits per heavy atom. The van der Waals surface area contributed by atoms with Gasteiger partial charge in [0.1, 0.15) is 11.6 Å². The summed E-state index contributed by atoms with van der Waals surface area (Å²) in [6, 6.07) is 2.32. The Morgan fingerprint density at radius 2 is 1.76 bits per heavy atom. The van der Waals surface area contributed by atoms with Crippen molar-refractivity contribution in [2.45, 2.75) is 17.9 Å². The highest BCUT2D eigenvalue weighted by atomic mass is 32.2. The number of carbonyl (C=O) groups is 1. The first kappa shape index (κ1) is 13.6.